The van der Waals surface area contributed by atoms with E-state index in [1.165, 1.54) is 161 Å². The molecule has 8 rings (SSSR count). The average molecular weight is 1200 g/mol. The summed E-state index contributed by atoms with van der Waals surface area (Å²) in [6.45, 7) is 14.4. The molecule has 0 saturated heterocycles. The molecule has 0 aliphatic heterocycles. The van der Waals surface area contributed by atoms with Crippen molar-refractivity contribution in [3.05, 3.63) is 74.2 Å². The van der Waals surface area contributed by atoms with E-state index in [2.05, 4.69) is 165 Å². The standard InChI is InChI=1S/C38H54.C16H26.C6H4I2.CH4.CH3.Pd/c1-29-5-13-33(14-6-29)35-19-25-37(3,26-20-35)23-17-31-9-11-32(12-10-31)18-24-38(4)27-21-36(22-28-38)34-15-7-30(2)8-16-34;1-4-16(3)11-9-15(10-12-16)14-7-5-13(2)6-8-14;7-5-1-2-6(8)4-3-5;;;/h9-12,29-30,33-36H,5-8,13-16,19-22,25-28H2,1-4H3;1,13-15H,5-12H2,2-3H3;1-4H;1H4;1H3;/q;;;;-1;. The van der Waals surface area contributed by atoms with E-state index in [-0.39, 0.29) is 51.5 Å². The van der Waals surface area contributed by atoms with Crippen molar-refractivity contribution < 1.29 is 20.4 Å². The topological polar surface area (TPSA) is 0 Å². The second-order valence-corrected chi connectivity index (χ2v) is 25.4. The molecular formula is C62H91I2Pd-. The Hall–Kier alpha value is -0.758. The molecule has 0 bridgehead atoms. The van der Waals surface area contributed by atoms with Gasteiger partial charge in [0.05, 0.1) is 0 Å². The molecule has 6 fully saturated rings. The van der Waals surface area contributed by atoms with Crippen molar-refractivity contribution in [3.8, 4) is 36.0 Å². The molecule has 0 atom stereocenters. The predicted octanol–water partition coefficient (Wildman–Crippen LogP) is 19.1. The van der Waals surface area contributed by atoms with Crippen molar-refractivity contribution in [2.75, 3.05) is 0 Å². The summed E-state index contributed by atoms with van der Waals surface area (Å²) in [6.07, 6.45) is 39.2. The molecule has 0 spiro atoms. The molecule has 0 amide bonds. The molecule has 0 N–H and O–H groups in total. The number of benzene rings is 2. The number of rotatable bonds is 3. The first-order chi connectivity index (χ1) is 29.7. The normalized spacial score (nSPS) is 35.5. The summed E-state index contributed by atoms with van der Waals surface area (Å²) in [6, 6.07) is 17.2. The fourth-order valence-corrected chi connectivity index (χ4v) is 13.1. The van der Waals surface area contributed by atoms with Gasteiger partial charge >= 0.3 is 0 Å². The minimum atomic E-state index is 0. The van der Waals surface area contributed by atoms with Crippen LogP contribution in [-0.4, -0.2) is 0 Å². The Balaban J connectivity index is 0.000000342. The zero-order valence-electron chi connectivity index (χ0n) is 41.4. The molecule has 0 aromatic heterocycles. The number of halogens is 2. The van der Waals surface area contributed by atoms with Gasteiger partial charge in [-0.2, -0.15) is 0 Å². The van der Waals surface area contributed by atoms with Crippen molar-refractivity contribution in [1.29, 1.82) is 0 Å². The Morgan fingerprint density at radius 2 is 0.646 bits per heavy atom. The molecule has 2 aromatic rings. The van der Waals surface area contributed by atoms with Gasteiger partial charge in [0.25, 0.3) is 0 Å². The van der Waals surface area contributed by atoms with Crippen molar-refractivity contribution >= 4 is 45.2 Å². The quantitative estimate of drug-likeness (QED) is 0.124. The Bertz CT molecular complexity index is 1690. The van der Waals surface area contributed by atoms with Gasteiger partial charge in [0.1, 0.15) is 0 Å². The summed E-state index contributed by atoms with van der Waals surface area (Å²) >= 11 is 4.59. The van der Waals surface area contributed by atoms with E-state index in [0.29, 0.717) is 0 Å². The SMILES string of the molecule is C.C#CC1(C)CCC(C2CCC(C)CC2)CC1.CC1CCC(C2CCC(C)(C#Cc3ccc(C#CC4(C)CCC(C5CCC(C)CC5)CC4)cc3)CC2)CC1.Ic1ccc(I)cc1.[CH3-].[Pd]. The van der Waals surface area contributed by atoms with Crippen LogP contribution in [0.3, 0.4) is 0 Å². The van der Waals surface area contributed by atoms with Gasteiger partial charge in [-0.05, 0) is 283 Å². The Labute approximate surface area is 444 Å². The summed E-state index contributed by atoms with van der Waals surface area (Å²) in [4.78, 5) is 0. The molecule has 6 aliphatic carbocycles. The first-order valence-corrected chi connectivity index (χ1v) is 27.9. The second-order valence-electron chi connectivity index (χ2n) is 22.9. The van der Waals surface area contributed by atoms with E-state index in [9.17, 15) is 0 Å². The minimum absolute atomic E-state index is 0. The smallest absolute Gasteiger partial charge is 0.0290 e. The first-order valence-electron chi connectivity index (χ1n) is 25.8. The zero-order chi connectivity index (χ0) is 44.2. The second kappa shape index (κ2) is 28.2. The van der Waals surface area contributed by atoms with Gasteiger partial charge in [-0.3, -0.25) is 0 Å². The number of terminal acetylenes is 1. The third-order valence-corrected chi connectivity index (χ3v) is 19.1. The molecule has 364 valence electrons. The van der Waals surface area contributed by atoms with Crippen molar-refractivity contribution in [3.63, 3.8) is 0 Å². The monoisotopic (exact) mass is 1200 g/mol. The van der Waals surface area contributed by atoms with Crippen LogP contribution in [0, 0.1) is 120 Å². The van der Waals surface area contributed by atoms with Crippen LogP contribution in [0.5, 0.6) is 0 Å². The first kappa shape index (κ1) is 58.6. The zero-order valence-corrected chi connectivity index (χ0v) is 47.3. The largest absolute Gasteiger partial charge is 0.358 e. The van der Waals surface area contributed by atoms with E-state index in [4.69, 9.17) is 6.42 Å². The van der Waals surface area contributed by atoms with Gasteiger partial charge in [0.2, 0.25) is 0 Å². The average Bonchev–Trinajstić information content (AvgIpc) is 3.29. The Morgan fingerprint density at radius 1 is 0.415 bits per heavy atom. The van der Waals surface area contributed by atoms with Gasteiger partial charge in [-0.1, -0.05) is 90.4 Å². The summed E-state index contributed by atoms with van der Waals surface area (Å²) in [7, 11) is 0. The number of hydrogen-bond donors (Lipinski definition) is 0. The van der Waals surface area contributed by atoms with Crippen molar-refractivity contribution in [2.45, 2.75) is 203 Å². The molecule has 6 saturated carbocycles. The van der Waals surface area contributed by atoms with Crippen LogP contribution in [0.2, 0.25) is 0 Å². The summed E-state index contributed by atoms with van der Waals surface area (Å²) in [5.41, 5.74) is 2.90. The van der Waals surface area contributed by atoms with Crippen LogP contribution in [-0.2, 0) is 20.4 Å². The molecule has 65 heavy (non-hydrogen) atoms. The fraction of sp³-hybridized carbons (Fsp3) is 0.694. The molecule has 3 heteroatoms. The predicted molar refractivity (Wildman–Crippen MR) is 298 cm³/mol. The summed E-state index contributed by atoms with van der Waals surface area (Å²) in [5, 5.41) is 0. The molecule has 2 aromatic carbocycles. The van der Waals surface area contributed by atoms with Gasteiger partial charge in [-0.15, -0.1) is 12.3 Å². The van der Waals surface area contributed by atoms with Crippen molar-refractivity contribution in [1.82, 2.24) is 0 Å². The van der Waals surface area contributed by atoms with Crippen molar-refractivity contribution in [2.24, 2.45) is 69.5 Å². The van der Waals surface area contributed by atoms with Crippen LogP contribution in [0.15, 0.2) is 48.5 Å². The summed E-state index contributed by atoms with van der Waals surface area (Å²) in [5.74, 6) is 26.3. The maximum atomic E-state index is 5.63. The maximum Gasteiger partial charge on any atom is 0.0290 e. The van der Waals surface area contributed by atoms with Gasteiger partial charge in [0, 0.05) is 54.9 Å². The molecular weight excluding hydrogens is 1100 g/mol. The Kier molecular flexibility index (Phi) is 25.4. The van der Waals surface area contributed by atoms with Crippen LogP contribution in [0.1, 0.15) is 214 Å². The van der Waals surface area contributed by atoms with E-state index in [1.54, 1.807) is 0 Å². The van der Waals surface area contributed by atoms with E-state index >= 15 is 0 Å². The fourth-order valence-electron chi connectivity index (χ4n) is 12.4. The van der Waals surface area contributed by atoms with Crippen LogP contribution in [0.25, 0.3) is 0 Å². The Morgan fingerprint density at radius 3 is 0.892 bits per heavy atom. The molecule has 0 radical (unpaired) electrons. The van der Waals surface area contributed by atoms with Crippen LogP contribution in [0.4, 0.5) is 0 Å². The molecule has 0 nitrogen and oxygen atoms in total. The third kappa shape index (κ3) is 18.8. The molecule has 0 unspecified atom stereocenters. The van der Waals surface area contributed by atoms with Gasteiger partial charge in [-0.25, -0.2) is 0 Å². The minimum Gasteiger partial charge on any atom is -0.358 e. The van der Waals surface area contributed by atoms with Gasteiger partial charge < -0.3 is 7.43 Å². The van der Waals surface area contributed by atoms with Gasteiger partial charge in [0.15, 0.2) is 0 Å². The summed E-state index contributed by atoms with van der Waals surface area (Å²) < 4.78 is 2.59. The number of hydrogen-bond acceptors (Lipinski definition) is 0. The van der Waals surface area contributed by atoms with Crippen LogP contribution >= 0.6 is 45.2 Å². The van der Waals surface area contributed by atoms with E-state index in [1.807, 2.05) is 0 Å². The van der Waals surface area contributed by atoms with E-state index in [0.717, 1.165) is 64.4 Å². The maximum absolute atomic E-state index is 5.63. The van der Waals surface area contributed by atoms with Crippen LogP contribution < -0.4 is 0 Å². The molecule has 6 aliphatic rings. The molecule has 0 heterocycles. The van der Waals surface area contributed by atoms with E-state index < -0.39 is 0 Å². The third-order valence-electron chi connectivity index (χ3n) is 17.6.